The first-order valence-electron chi connectivity index (χ1n) is 8.23. The summed E-state index contributed by atoms with van der Waals surface area (Å²) < 4.78 is 0. The van der Waals surface area contributed by atoms with Crippen LogP contribution in [0.25, 0.3) is 0 Å². The summed E-state index contributed by atoms with van der Waals surface area (Å²) in [6, 6.07) is 6.91. The second-order valence-corrected chi connectivity index (χ2v) is 5.81. The Labute approximate surface area is 133 Å². The van der Waals surface area contributed by atoms with Gasteiger partial charge < -0.3 is 11.1 Å². The van der Waals surface area contributed by atoms with E-state index in [-0.39, 0.29) is 5.91 Å². The number of nitrogens with one attached hydrogen (secondary N) is 1. The molecule has 0 unspecified atom stereocenters. The molecule has 0 aliphatic heterocycles. The molecule has 0 radical (unpaired) electrons. The summed E-state index contributed by atoms with van der Waals surface area (Å²) in [4.78, 5) is 22.9. The minimum atomic E-state index is -0.657. The fourth-order valence-electron chi connectivity index (χ4n) is 2.28. The predicted molar refractivity (Wildman–Crippen MR) is 89.6 cm³/mol. The van der Waals surface area contributed by atoms with Crippen molar-refractivity contribution >= 4 is 11.8 Å². The number of rotatable bonds is 10. The minimum absolute atomic E-state index is 0.266. The molecular weight excluding hydrogens is 276 g/mol. The number of benzene rings is 1. The van der Waals surface area contributed by atoms with Crippen LogP contribution in [-0.4, -0.2) is 17.9 Å². The lowest BCUT2D eigenvalue weighted by Crippen LogP contribution is -2.42. The normalized spacial score (nSPS) is 11.9. The number of primary amides is 1. The maximum absolute atomic E-state index is 11.9. The lowest BCUT2D eigenvalue weighted by Gasteiger charge is -2.10. The van der Waals surface area contributed by atoms with Crippen LogP contribution in [0.4, 0.5) is 0 Å². The van der Waals surface area contributed by atoms with Crippen molar-refractivity contribution in [2.45, 2.75) is 64.8 Å². The molecule has 4 nitrogen and oxygen atoms in total. The standard InChI is InChI=1S/C18H28N2O2/c1-3-4-5-6-7-8-9-15-10-12-16(13-11-15)18(22)20-14(2)17(19)21/h10-14H,3-9H2,1-2H3,(H2,19,21)(H,20,22)/t14-/m0/s1. The first kappa shape index (κ1) is 18.2. The van der Waals surface area contributed by atoms with Gasteiger partial charge in [-0.15, -0.1) is 0 Å². The van der Waals surface area contributed by atoms with E-state index in [1.165, 1.54) is 44.1 Å². The Morgan fingerprint density at radius 1 is 1.05 bits per heavy atom. The zero-order valence-electron chi connectivity index (χ0n) is 13.7. The lowest BCUT2D eigenvalue weighted by atomic mass is 10.0. The van der Waals surface area contributed by atoms with Crippen molar-refractivity contribution in [2.75, 3.05) is 0 Å². The number of nitrogens with two attached hydrogens (primary N) is 1. The molecule has 0 saturated carbocycles. The molecule has 0 aromatic heterocycles. The highest BCUT2D eigenvalue weighted by Crippen LogP contribution is 2.11. The van der Waals surface area contributed by atoms with Crippen LogP contribution in [-0.2, 0) is 11.2 Å². The molecule has 0 saturated heterocycles. The van der Waals surface area contributed by atoms with Gasteiger partial charge in [-0.05, 0) is 37.5 Å². The van der Waals surface area contributed by atoms with Crippen LogP contribution < -0.4 is 11.1 Å². The molecule has 1 aromatic rings. The average molecular weight is 304 g/mol. The third-order valence-corrected chi connectivity index (χ3v) is 3.81. The van der Waals surface area contributed by atoms with Crippen molar-refractivity contribution in [1.82, 2.24) is 5.32 Å². The minimum Gasteiger partial charge on any atom is -0.368 e. The quantitative estimate of drug-likeness (QED) is 0.652. The summed E-state index contributed by atoms with van der Waals surface area (Å²) in [6.07, 6.45) is 8.73. The first-order chi connectivity index (χ1) is 10.5. The number of unbranched alkanes of at least 4 members (excludes halogenated alkanes) is 5. The van der Waals surface area contributed by atoms with Gasteiger partial charge in [-0.3, -0.25) is 9.59 Å². The SMILES string of the molecule is CCCCCCCCc1ccc(C(=O)N[C@@H](C)C(N)=O)cc1. The van der Waals surface area contributed by atoms with E-state index in [2.05, 4.69) is 12.2 Å². The van der Waals surface area contributed by atoms with Crippen molar-refractivity contribution in [2.24, 2.45) is 5.73 Å². The van der Waals surface area contributed by atoms with Crippen LogP contribution in [0.5, 0.6) is 0 Å². The maximum Gasteiger partial charge on any atom is 0.251 e. The Balaban J connectivity index is 2.36. The fourth-order valence-corrected chi connectivity index (χ4v) is 2.28. The molecule has 122 valence electrons. The van der Waals surface area contributed by atoms with E-state index in [1.807, 2.05) is 12.1 Å². The molecule has 1 rings (SSSR count). The molecule has 0 spiro atoms. The molecule has 1 atom stereocenters. The van der Waals surface area contributed by atoms with Crippen molar-refractivity contribution in [3.63, 3.8) is 0 Å². The molecule has 0 fully saturated rings. The first-order valence-corrected chi connectivity index (χ1v) is 8.23. The molecule has 2 amide bonds. The third-order valence-electron chi connectivity index (χ3n) is 3.81. The molecule has 0 heterocycles. The van der Waals surface area contributed by atoms with Crippen LogP contribution in [0.1, 0.15) is 68.3 Å². The van der Waals surface area contributed by atoms with Gasteiger partial charge in [-0.2, -0.15) is 0 Å². The molecular formula is C18H28N2O2. The number of hydrogen-bond acceptors (Lipinski definition) is 2. The highest BCUT2D eigenvalue weighted by Gasteiger charge is 2.13. The van der Waals surface area contributed by atoms with Gasteiger partial charge in [0.05, 0.1) is 0 Å². The summed E-state index contributed by atoms with van der Waals surface area (Å²) >= 11 is 0. The number of carbonyl (C=O) groups excluding carboxylic acids is 2. The van der Waals surface area contributed by atoms with E-state index in [0.717, 1.165) is 6.42 Å². The summed E-state index contributed by atoms with van der Waals surface area (Å²) in [5.41, 5.74) is 6.93. The van der Waals surface area contributed by atoms with E-state index < -0.39 is 11.9 Å². The van der Waals surface area contributed by atoms with E-state index in [4.69, 9.17) is 5.73 Å². The maximum atomic E-state index is 11.9. The number of carbonyl (C=O) groups is 2. The number of amides is 2. The highest BCUT2D eigenvalue weighted by molar-refractivity contribution is 5.97. The second kappa shape index (κ2) is 9.98. The van der Waals surface area contributed by atoms with Gasteiger partial charge in [0, 0.05) is 5.56 Å². The summed E-state index contributed by atoms with van der Waals surface area (Å²) in [6.45, 7) is 3.80. The van der Waals surface area contributed by atoms with E-state index in [0.29, 0.717) is 5.56 Å². The molecule has 0 bridgehead atoms. The van der Waals surface area contributed by atoms with E-state index >= 15 is 0 Å². The van der Waals surface area contributed by atoms with Crippen LogP contribution in [0, 0.1) is 0 Å². The monoisotopic (exact) mass is 304 g/mol. The Hall–Kier alpha value is -1.84. The van der Waals surface area contributed by atoms with E-state index in [9.17, 15) is 9.59 Å². The number of aryl methyl sites for hydroxylation is 1. The zero-order chi connectivity index (χ0) is 16.4. The summed E-state index contributed by atoms with van der Waals surface area (Å²) in [5, 5.41) is 2.57. The van der Waals surface area contributed by atoms with Crippen molar-refractivity contribution in [1.29, 1.82) is 0 Å². The van der Waals surface area contributed by atoms with Crippen LogP contribution >= 0.6 is 0 Å². The average Bonchev–Trinajstić information content (AvgIpc) is 2.51. The molecule has 0 aliphatic carbocycles. The van der Waals surface area contributed by atoms with Crippen LogP contribution in [0.15, 0.2) is 24.3 Å². The third kappa shape index (κ3) is 6.74. The molecule has 0 aliphatic rings. The van der Waals surface area contributed by atoms with Gasteiger partial charge in [0.2, 0.25) is 5.91 Å². The molecule has 3 N–H and O–H groups in total. The molecule has 1 aromatic carbocycles. The number of hydrogen-bond donors (Lipinski definition) is 2. The van der Waals surface area contributed by atoms with Gasteiger partial charge in [-0.1, -0.05) is 51.2 Å². The molecule has 4 heteroatoms. The van der Waals surface area contributed by atoms with Gasteiger partial charge in [-0.25, -0.2) is 0 Å². The van der Waals surface area contributed by atoms with Gasteiger partial charge >= 0.3 is 0 Å². The van der Waals surface area contributed by atoms with Crippen molar-refractivity contribution in [3.8, 4) is 0 Å². The fraction of sp³-hybridized carbons (Fsp3) is 0.556. The Morgan fingerprint density at radius 2 is 1.64 bits per heavy atom. The topological polar surface area (TPSA) is 72.2 Å². The van der Waals surface area contributed by atoms with Crippen molar-refractivity contribution < 1.29 is 9.59 Å². The summed E-state index contributed by atoms with van der Waals surface area (Å²) in [7, 11) is 0. The molecule has 22 heavy (non-hydrogen) atoms. The zero-order valence-corrected chi connectivity index (χ0v) is 13.7. The van der Waals surface area contributed by atoms with Gasteiger partial charge in [0.1, 0.15) is 6.04 Å². The van der Waals surface area contributed by atoms with Crippen LogP contribution in [0.2, 0.25) is 0 Å². The Kier molecular flexibility index (Phi) is 8.26. The Morgan fingerprint density at radius 3 is 2.23 bits per heavy atom. The van der Waals surface area contributed by atoms with Crippen LogP contribution in [0.3, 0.4) is 0 Å². The lowest BCUT2D eigenvalue weighted by molar-refractivity contribution is -0.119. The van der Waals surface area contributed by atoms with Crippen molar-refractivity contribution in [3.05, 3.63) is 35.4 Å². The van der Waals surface area contributed by atoms with E-state index in [1.54, 1.807) is 19.1 Å². The van der Waals surface area contributed by atoms with Gasteiger partial charge in [0.25, 0.3) is 5.91 Å². The predicted octanol–water partition coefficient (Wildman–Crippen LogP) is 3.19. The second-order valence-electron chi connectivity index (χ2n) is 5.81. The largest absolute Gasteiger partial charge is 0.368 e. The van der Waals surface area contributed by atoms with Gasteiger partial charge in [0.15, 0.2) is 0 Å². The Bertz CT molecular complexity index is 468. The summed E-state index contributed by atoms with van der Waals surface area (Å²) in [5.74, 6) is -0.801. The highest BCUT2D eigenvalue weighted by atomic mass is 16.2. The smallest absolute Gasteiger partial charge is 0.251 e.